The fourth-order valence-corrected chi connectivity index (χ4v) is 3.16. The SMILES string of the molecule is CC1C=CC(C)C2C(=O)N(CCCBr)C(=O)C12. The van der Waals surface area contributed by atoms with Gasteiger partial charge in [0, 0.05) is 11.9 Å². The van der Waals surface area contributed by atoms with Crippen LogP contribution in [0.4, 0.5) is 0 Å². The molecule has 94 valence electrons. The van der Waals surface area contributed by atoms with Crippen molar-refractivity contribution in [2.45, 2.75) is 20.3 Å². The van der Waals surface area contributed by atoms with Gasteiger partial charge in [-0.05, 0) is 18.3 Å². The number of imide groups is 1. The van der Waals surface area contributed by atoms with Crippen LogP contribution in [0.15, 0.2) is 12.2 Å². The lowest BCUT2D eigenvalue weighted by atomic mass is 9.73. The summed E-state index contributed by atoms with van der Waals surface area (Å²) in [5.41, 5.74) is 0. The topological polar surface area (TPSA) is 37.4 Å². The highest BCUT2D eigenvalue weighted by molar-refractivity contribution is 9.09. The maximum atomic E-state index is 12.3. The second-order valence-corrected chi connectivity index (χ2v) is 5.82. The molecule has 2 rings (SSSR count). The molecule has 17 heavy (non-hydrogen) atoms. The summed E-state index contributed by atoms with van der Waals surface area (Å²) in [6.45, 7) is 4.60. The highest BCUT2D eigenvalue weighted by atomic mass is 79.9. The van der Waals surface area contributed by atoms with Gasteiger partial charge in [0.1, 0.15) is 0 Å². The van der Waals surface area contributed by atoms with Crippen LogP contribution < -0.4 is 0 Å². The van der Waals surface area contributed by atoms with Gasteiger partial charge >= 0.3 is 0 Å². The highest BCUT2D eigenvalue weighted by Gasteiger charge is 2.51. The molecule has 0 aromatic heterocycles. The van der Waals surface area contributed by atoms with Gasteiger partial charge in [0.25, 0.3) is 0 Å². The second-order valence-electron chi connectivity index (χ2n) is 5.03. The lowest BCUT2D eigenvalue weighted by Gasteiger charge is -2.27. The molecule has 0 saturated carbocycles. The van der Waals surface area contributed by atoms with E-state index in [2.05, 4.69) is 28.1 Å². The maximum absolute atomic E-state index is 12.3. The summed E-state index contributed by atoms with van der Waals surface area (Å²) in [5, 5.41) is 0.822. The summed E-state index contributed by atoms with van der Waals surface area (Å²) in [7, 11) is 0. The zero-order chi connectivity index (χ0) is 12.6. The third-order valence-corrected chi connectivity index (χ3v) is 4.42. The Kier molecular flexibility index (Phi) is 3.71. The van der Waals surface area contributed by atoms with Crippen molar-refractivity contribution in [2.75, 3.05) is 11.9 Å². The molecule has 1 fully saturated rings. The lowest BCUT2D eigenvalue weighted by Crippen LogP contribution is -2.32. The molecule has 1 aliphatic carbocycles. The van der Waals surface area contributed by atoms with Crippen LogP contribution in [-0.2, 0) is 9.59 Å². The smallest absolute Gasteiger partial charge is 0.233 e. The van der Waals surface area contributed by atoms with Gasteiger partial charge < -0.3 is 0 Å². The second kappa shape index (κ2) is 4.92. The van der Waals surface area contributed by atoms with Crippen LogP contribution in [0.25, 0.3) is 0 Å². The summed E-state index contributed by atoms with van der Waals surface area (Å²) in [5.74, 6) is 0.174. The van der Waals surface area contributed by atoms with E-state index in [9.17, 15) is 9.59 Å². The van der Waals surface area contributed by atoms with Gasteiger partial charge in [-0.25, -0.2) is 0 Å². The lowest BCUT2D eigenvalue weighted by molar-refractivity contribution is -0.140. The number of alkyl halides is 1. The van der Waals surface area contributed by atoms with Gasteiger partial charge in [-0.2, -0.15) is 0 Å². The van der Waals surface area contributed by atoms with E-state index in [4.69, 9.17) is 0 Å². The summed E-state index contributed by atoms with van der Waals surface area (Å²) >= 11 is 3.34. The Hall–Kier alpha value is -0.640. The van der Waals surface area contributed by atoms with E-state index in [1.54, 1.807) is 0 Å². The van der Waals surface area contributed by atoms with Crippen molar-refractivity contribution in [3.8, 4) is 0 Å². The Bertz CT molecular complexity index is 336. The number of hydrogen-bond acceptors (Lipinski definition) is 2. The van der Waals surface area contributed by atoms with E-state index in [1.807, 2.05) is 13.8 Å². The minimum Gasteiger partial charge on any atom is -0.282 e. The molecule has 0 N–H and O–H groups in total. The van der Waals surface area contributed by atoms with Gasteiger partial charge in [0.2, 0.25) is 11.8 Å². The molecule has 2 aliphatic rings. The van der Waals surface area contributed by atoms with Crippen molar-refractivity contribution in [1.82, 2.24) is 4.90 Å². The summed E-state index contributed by atoms with van der Waals surface area (Å²) in [6, 6.07) is 0. The number of allylic oxidation sites excluding steroid dienone is 2. The van der Waals surface area contributed by atoms with E-state index in [0.29, 0.717) is 6.54 Å². The van der Waals surface area contributed by atoms with E-state index in [-0.39, 0.29) is 35.5 Å². The molecular weight excluding hydrogens is 282 g/mol. The van der Waals surface area contributed by atoms with Crippen LogP contribution in [-0.4, -0.2) is 28.6 Å². The molecule has 1 heterocycles. The van der Waals surface area contributed by atoms with Crippen LogP contribution >= 0.6 is 15.9 Å². The van der Waals surface area contributed by atoms with Gasteiger partial charge in [-0.1, -0.05) is 41.9 Å². The van der Waals surface area contributed by atoms with Crippen LogP contribution in [0.5, 0.6) is 0 Å². The largest absolute Gasteiger partial charge is 0.282 e. The van der Waals surface area contributed by atoms with Gasteiger partial charge in [0.05, 0.1) is 11.8 Å². The Morgan fingerprint density at radius 1 is 1.12 bits per heavy atom. The monoisotopic (exact) mass is 299 g/mol. The van der Waals surface area contributed by atoms with Crippen LogP contribution in [0.2, 0.25) is 0 Å². The molecule has 0 spiro atoms. The predicted octanol–water partition coefficient (Wildman–Crippen LogP) is 2.21. The van der Waals surface area contributed by atoms with E-state index >= 15 is 0 Å². The molecule has 1 saturated heterocycles. The van der Waals surface area contributed by atoms with Crippen LogP contribution in [0.1, 0.15) is 20.3 Å². The normalized spacial score (nSPS) is 36.5. The number of halogens is 1. The summed E-state index contributed by atoms with van der Waals surface area (Å²) < 4.78 is 0. The molecule has 1 aliphatic heterocycles. The summed E-state index contributed by atoms with van der Waals surface area (Å²) in [6.07, 6.45) is 4.98. The molecule has 0 aromatic carbocycles. The first-order chi connectivity index (χ1) is 8.07. The molecule has 0 radical (unpaired) electrons. The van der Waals surface area contributed by atoms with Crippen molar-refractivity contribution < 1.29 is 9.59 Å². The average Bonchev–Trinajstić information content (AvgIpc) is 2.55. The first kappa shape index (κ1) is 12.8. The fraction of sp³-hybridized carbons (Fsp3) is 0.692. The first-order valence-electron chi connectivity index (χ1n) is 6.17. The van der Waals surface area contributed by atoms with Crippen molar-refractivity contribution in [2.24, 2.45) is 23.7 Å². The molecule has 2 amide bonds. The molecular formula is C13H18BrNO2. The van der Waals surface area contributed by atoms with E-state index < -0.39 is 0 Å². The number of carbonyl (C=O) groups is 2. The minimum absolute atomic E-state index is 0.0321. The Labute approximate surface area is 110 Å². The predicted molar refractivity (Wildman–Crippen MR) is 69.6 cm³/mol. The van der Waals surface area contributed by atoms with Gasteiger partial charge in [0.15, 0.2) is 0 Å². The molecule has 4 atom stereocenters. The molecule has 4 unspecified atom stereocenters. The van der Waals surface area contributed by atoms with E-state index in [1.165, 1.54) is 4.90 Å². The summed E-state index contributed by atoms with van der Waals surface area (Å²) in [4.78, 5) is 26.0. The van der Waals surface area contributed by atoms with Gasteiger partial charge in [-0.15, -0.1) is 0 Å². The molecule has 0 aromatic rings. The van der Waals surface area contributed by atoms with Crippen LogP contribution in [0.3, 0.4) is 0 Å². The average molecular weight is 300 g/mol. The Balaban J connectivity index is 2.23. The van der Waals surface area contributed by atoms with Crippen molar-refractivity contribution in [3.63, 3.8) is 0 Å². The van der Waals surface area contributed by atoms with Crippen molar-refractivity contribution in [1.29, 1.82) is 0 Å². The number of likely N-dealkylation sites (tertiary alicyclic amines) is 1. The number of rotatable bonds is 3. The minimum atomic E-state index is -0.127. The number of fused-ring (bicyclic) bond motifs is 1. The zero-order valence-corrected chi connectivity index (χ0v) is 11.8. The highest BCUT2D eigenvalue weighted by Crippen LogP contribution is 2.41. The number of nitrogens with zero attached hydrogens (tertiary/aromatic N) is 1. The van der Waals surface area contributed by atoms with E-state index in [0.717, 1.165) is 11.8 Å². The number of hydrogen-bond donors (Lipinski definition) is 0. The Morgan fingerprint density at radius 3 is 2.00 bits per heavy atom. The molecule has 4 heteroatoms. The maximum Gasteiger partial charge on any atom is 0.233 e. The zero-order valence-electron chi connectivity index (χ0n) is 10.2. The standard InChI is InChI=1S/C13H18BrNO2/c1-8-4-5-9(2)11-10(8)12(16)15(13(11)17)7-3-6-14/h4-5,8-11H,3,6-7H2,1-2H3. The van der Waals surface area contributed by atoms with Crippen molar-refractivity contribution >= 4 is 27.7 Å². The van der Waals surface area contributed by atoms with Crippen molar-refractivity contribution in [3.05, 3.63) is 12.2 Å². The number of carbonyl (C=O) groups excluding carboxylic acids is 2. The van der Waals surface area contributed by atoms with Crippen LogP contribution in [0, 0.1) is 23.7 Å². The molecule has 3 nitrogen and oxygen atoms in total. The third-order valence-electron chi connectivity index (χ3n) is 3.86. The third kappa shape index (κ3) is 2.07. The van der Waals surface area contributed by atoms with Gasteiger partial charge in [-0.3, -0.25) is 14.5 Å². The number of amides is 2. The quantitative estimate of drug-likeness (QED) is 0.455. The molecule has 0 bridgehead atoms. The fourth-order valence-electron chi connectivity index (χ4n) is 2.91. The first-order valence-corrected chi connectivity index (χ1v) is 7.29. The Morgan fingerprint density at radius 2 is 1.59 bits per heavy atom.